The third-order valence-corrected chi connectivity index (χ3v) is 5.95. The van der Waals surface area contributed by atoms with Crippen molar-refractivity contribution in [3.63, 3.8) is 0 Å². The van der Waals surface area contributed by atoms with Gasteiger partial charge in [0.25, 0.3) is 5.91 Å². The average Bonchev–Trinajstić information content (AvgIpc) is 2.84. The monoisotopic (exact) mass is 322 g/mol. The Morgan fingerprint density at radius 3 is 3.00 bits per heavy atom. The Bertz CT molecular complexity index is 684. The van der Waals surface area contributed by atoms with Crippen molar-refractivity contribution in [2.75, 3.05) is 31.7 Å². The normalized spacial score (nSPS) is 19.0. The fraction of sp³-hybridized carbons (Fsp3) is 0.400. The maximum absolute atomic E-state index is 12.7. The maximum atomic E-state index is 12.7. The van der Waals surface area contributed by atoms with Crippen LogP contribution < -0.4 is 10.5 Å². The van der Waals surface area contributed by atoms with E-state index >= 15 is 0 Å². The summed E-state index contributed by atoms with van der Waals surface area (Å²) in [5.41, 5.74) is 6.78. The number of hydrogen-bond acceptors (Lipinski definition) is 5. The number of thiophene rings is 1. The number of nitrogen functional groups attached to an aromatic ring is 1. The van der Waals surface area contributed by atoms with E-state index in [1.54, 1.807) is 7.11 Å². The number of anilines is 1. The van der Waals surface area contributed by atoms with Crippen molar-refractivity contribution in [1.29, 1.82) is 0 Å². The maximum Gasteiger partial charge on any atom is 0.266 e. The summed E-state index contributed by atoms with van der Waals surface area (Å²) in [6, 6.07) is 5.77. The number of methoxy groups -OCH3 is 1. The van der Waals surface area contributed by atoms with E-state index in [1.165, 1.54) is 11.3 Å². The molecule has 0 bridgehead atoms. The number of rotatable bonds is 2. The van der Waals surface area contributed by atoms with Crippen LogP contribution in [0.5, 0.6) is 5.75 Å². The summed E-state index contributed by atoms with van der Waals surface area (Å²) < 4.78 is 6.36. The number of nitrogens with zero attached hydrogens (tertiary/aromatic N) is 1. The summed E-state index contributed by atoms with van der Waals surface area (Å²) in [5, 5.41) is 1.33. The van der Waals surface area contributed by atoms with E-state index in [-0.39, 0.29) is 5.91 Å². The quantitative estimate of drug-likeness (QED) is 0.923. The van der Waals surface area contributed by atoms with Crippen LogP contribution in [-0.2, 0) is 0 Å². The standard InChI is InChI=1S/C15H18N2O2S2/c1-9-8-17(6-7-20-9)15(18)14-13(16)12-10(19-2)4-3-5-11(12)21-14/h3-5,9H,6-8,16H2,1-2H3. The molecule has 1 aromatic heterocycles. The third kappa shape index (κ3) is 2.58. The lowest BCUT2D eigenvalue weighted by Gasteiger charge is -2.30. The predicted octanol–water partition coefficient (Wildman–Crippen LogP) is 3.07. The number of benzene rings is 1. The van der Waals surface area contributed by atoms with Gasteiger partial charge in [0.05, 0.1) is 18.2 Å². The lowest BCUT2D eigenvalue weighted by atomic mass is 10.2. The molecule has 0 aliphatic carbocycles. The number of fused-ring (bicyclic) bond motifs is 1. The van der Waals surface area contributed by atoms with Gasteiger partial charge in [-0.1, -0.05) is 13.0 Å². The fourth-order valence-corrected chi connectivity index (χ4v) is 4.74. The second kappa shape index (κ2) is 5.77. The molecule has 1 fully saturated rings. The third-order valence-electron chi connectivity index (χ3n) is 3.66. The summed E-state index contributed by atoms with van der Waals surface area (Å²) >= 11 is 3.36. The molecule has 2 aromatic rings. The molecule has 1 unspecified atom stereocenters. The molecule has 1 atom stereocenters. The van der Waals surface area contributed by atoms with Gasteiger partial charge in [0.15, 0.2) is 0 Å². The van der Waals surface area contributed by atoms with Crippen LogP contribution in [0.15, 0.2) is 18.2 Å². The van der Waals surface area contributed by atoms with Gasteiger partial charge in [-0.2, -0.15) is 11.8 Å². The molecule has 3 rings (SSSR count). The van der Waals surface area contributed by atoms with E-state index in [9.17, 15) is 4.79 Å². The first kappa shape index (κ1) is 14.5. The van der Waals surface area contributed by atoms with Gasteiger partial charge >= 0.3 is 0 Å². The van der Waals surface area contributed by atoms with Gasteiger partial charge in [-0.15, -0.1) is 11.3 Å². The van der Waals surface area contributed by atoms with Gasteiger partial charge < -0.3 is 15.4 Å². The van der Waals surface area contributed by atoms with Gasteiger partial charge in [-0.05, 0) is 12.1 Å². The van der Waals surface area contributed by atoms with Crippen LogP contribution in [0.1, 0.15) is 16.6 Å². The lowest BCUT2D eigenvalue weighted by molar-refractivity contribution is 0.0769. The number of amides is 1. The molecular weight excluding hydrogens is 304 g/mol. The Morgan fingerprint density at radius 2 is 2.29 bits per heavy atom. The summed E-state index contributed by atoms with van der Waals surface area (Å²) in [4.78, 5) is 15.3. The van der Waals surface area contributed by atoms with E-state index < -0.39 is 0 Å². The number of thioether (sulfide) groups is 1. The van der Waals surface area contributed by atoms with E-state index in [0.717, 1.165) is 34.7 Å². The zero-order chi connectivity index (χ0) is 15.0. The largest absolute Gasteiger partial charge is 0.496 e. The smallest absolute Gasteiger partial charge is 0.266 e. The Morgan fingerprint density at radius 1 is 1.48 bits per heavy atom. The highest BCUT2D eigenvalue weighted by Gasteiger charge is 2.26. The van der Waals surface area contributed by atoms with E-state index in [2.05, 4.69) is 6.92 Å². The van der Waals surface area contributed by atoms with Crippen LogP contribution in [-0.4, -0.2) is 42.0 Å². The summed E-state index contributed by atoms with van der Waals surface area (Å²) in [5.74, 6) is 1.76. The molecule has 0 spiro atoms. The van der Waals surface area contributed by atoms with Crippen LogP contribution >= 0.6 is 23.1 Å². The Balaban J connectivity index is 2.00. The van der Waals surface area contributed by atoms with Gasteiger partial charge in [0, 0.05) is 28.8 Å². The molecule has 0 saturated carbocycles. The van der Waals surface area contributed by atoms with Crippen molar-refractivity contribution in [3.05, 3.63) is 23.1 Å². The summed E-state index contributed by atoms with van der Waals surface area (Å²) in [7, 11) is 1.62. The minimum absolute atomic E-state index is 0.0444. The van der Waals surface area contributed by atoms with Crippen LogP contribution in [0.2, 0.25) is 0 Å². The second-order valence-electron chi connectivity index (χ2n) is 5.11. The molecule has 1 aliphatic rings. The van der Waals surface area contributed by atoms with Crippen LogP contribution in [0.4, 0.5) is 5.69 Å². The highest BCUT2D eigenvalue weighted by molar-refractivity contribution is 7.99. The number of nitrogens with two attached hydrogens (primary N) is 1. The van der Waals surface area contributed by atoms with Crippen molar-refractivity contribution in [3.8, 4) is 5.75 Å². The summed E-state index contributed by atoms with van der Waals surface area (Å²) in [6.07, 6.45) is 0. The van der Waals surface area contributed by atoms with Crippen LogP contribution in [0.3, 0.4) is 0 Å². The van der Waals surface area contributed by atoms with Crippen molar-refractivity contribution in [1.82, 2.24) is 4.90 Å². The first-order valence-electron chi connectivity index (χ1n) is 6.87. The van der Waals surface area contributed by atoms with Crippen LogP contribution in [0, 0.1) is 0 Å². The number of carbonyl (C=O) groups excluding carboxylic acids is 1. The Labute approximate surface area is 132 Å². The van der Waals surface area contributed by atoms with Crippen molar-refractivity contribution < 1.29 is 9.53 Å². The van der Waals surface area contributed by atoms with Gasteiger partial charge in [0.2, 0.25) is 0 Å². The van der Waals surface area contributed by atoms with Gasteiger partial charge in [-0.25, -0.2) is 0 Å². The molecule has 21 heavy (non-hydrogen) atoms. The predicted molar refractivity (Wildman–Crippen MR) is 90.6 cm³/mol. The Hall–Kier alpha value is -1.40. The number of carbonyl (C=O) groups is 1. The van der Waals surface area contributed by atoms with Crippen molar-refractivity contribution >= 4 is 44.8 Å². The SMILES string of the molecule is COc1cccc2sc(C(=O)N3CCSC(C)C3)c(N)c12. The van der Waals surface area contributed by atoms with Gasteiger partial charge in [-0.3, -0.25) is 4.79 Å². The molecule has 1 saturated heterocycles. The molecule has 2 N–H and O–H groups in total. The number of ether oxygens (including phenoxy) is 1. The minimum atomic E-state index is 0.0444. The number of hydrogen-bond donors (Lipinski definition) is 1. The molecule has 1 amide bonds. The minimum Gasteiger partial charge on any atom is -0.496 e. The first-order valence-corrected chi connectivity index (χ1v) is 8.74. The van der Waals surface area contributed by atoms with Crippen molar-refractivity contribution in [2.45, 2.75) is 12.2 Å². The zero-order valence-corrected chi connectivity index (χ0v) is 13.7. The topological polar surface area (TPSA) is 55.6 Å². The van der Waals surface area contributed by atoms with E-state index in [0.29, 0.717) is 15.8 Å². The molecule has 0 radical (unpaired) electrons. The fourth-order valence-electron chi connectivity index (χ4n) is 2.62. The molecule has 4 nitrogen and oxygen atoms in total. The van der Waals surface area contributed by atoms with Gasteiger partial charge in [0.1, 0.15) is 10.6 Å². The van der Waals surface area contributed by atoms with Crippen molar-refractivity contribution in [2.24, 2.45) is 0 Å². The first-order chi connectivity index (χ1) is 10.1. The zero-order valence-electron chi connectivity index (χ0n) is 12.1. The van der Waals surface area contributed by atoms with E-state index in [4.69, 9.17) is 10.5 Å². The highest BCUT2D eigenvalue weighted by atomic mass is 32.2. The summed E-state index contributed by atoms with van der Waals surface area (Å²) in [6.45, 7) is 3.73. The highest BCUT2D eigenvalue weighted by Crippen LogP contribution is 2.40. The molecule has 112 valence electrons. The molecule has 6 heteroatoms. The molecular formula is C15H18N2O2S2. The Kier molecular flexibility index (Phi) is 3.99. The van der Waals surface area contributed by atoms with E-state index in [1.807, 2.05) is 34.9 Å². The molecule has 1 aromatic carbocycles. The lowest BCUT2D eigenvalue weighted by Crippen LogP contribution is -2.40. The molecule has 2 heterocycles. The second-order valence-corrected chi connectivity index (χ2v) is 7.71. The van der Waals surface area contributed by atoms with Crippen LogP contribution in [0.25, 0.3) is 10.1 Å². The molecule has 1 aliphatic heterocycles. The average molecular weight is 322 g/mol.